The number of aryl methyl sites for hydroxylation is 1. The molecule has 0 bridgehead atoms. The normalized spacial score (nSPS) is 20.8. The fraction of sp³-hybridized carbons (Fsp3) is 0.444. The molecule has 0 radical (unpaired) electrons. The molecule has 144 valence electrons. The molecule has 1 fully saturated rings. The molecule has 1 atom stereocenters. The van der Waals surface area contributed by atoms with Gasteiger partial charge in [-0.15, -0.1) is 22.7 Å². The Morgan fingerprint density at radius 2 is 1.96 bits per heavy atom. The zero-order valence-electron chi connectivity index (χ0n) is 14.6. The molecular weight excluding hydrogens is 404 g/mol. The summed E-state index contributed by atoms with van der Waals surface area (Å²) >= 11 is 2.82. The summed E-state index contributed by atoms with van der Waals surface area (Å²) in [6.45, 7) is 0. The second kappa shape index (κ2) is 7.37. The van der Waals surface area contributed by atoms with E-state index in [2.05, 4.69) is 10.6 Å². The monoisotopic (exact) mass is 424 g/mol. The van der Waals surface area contributed by atoms with Crippen molar-refractivity contribution in [3.63, 3.8) is 0 Å². The van der Waals surface area contributed by atoms with Crippen molar-refractivity contribution in [2.45, 2.75) is 38.1 Å². The summed E-state index contributed by atoms with van der Waals surface area (Å²) in [5, 5.41) is 8.18. The van der Waals surface area contributed by atoms with E-state index >= 15 is 0 Å². The number of anilines is 1. The number of sulfone groups is 1. The van der Waals surface area contributed by atoms with Gasteiger partial charge >= 0.3 is 0 Å². The topological polar surface area (TPSA) is 92.3 Å². The van der Waals surface area contributed by atoms with Crippen LogP contribution in [-0.4, -0.2) is 37.8 Å². The van der Waals surface area contributed by atoms with Gasteiger partial charge in [0, 0.05) is 10.9 Å². The maximum Gasteiger partial charge on any atom is 0.266 e. The first-order chi connectivity index (χ1) is 12.9. The first-order valence-corrected chi connectivity index (χ1v) is 12.5. The molecule has 1 saturated heterocycles. The van der Waals surface area contributed by atoms with E-state index in [1.165, 1.54) is 22.7 Å². The van der Waals surface area contributed by atoms with E-state index < -0.39 is 9.84 Å². The minimum absolute atomic E-state index is 0.0119. The minimum atomic E-state index is -3.07. The third-order valence-corrected chi connectivity index (χ3v) is 8.78. The number of rotatable bonds is 4. The highest BCUT2D eigenvalue weighted by Gasteiger charge is 2.32. The summed E-state index contributed by atoms with van der Waals surface area (Å²) < 4.78 is 23.4. The van der Waals surface area contributed by atoms with Crippen LogP contribution in [0, 0.1) is 0 Å². The first-order valence-electron chi connectivity index (χ1n) is 8.93. The molecule has 9 heteroatoms. The van der Waals surface area contributed by atoms with Gasteiger partial charge < -0.3 is 10.6 Å². The van der Waals surface area contributed by atoms with Crippen molar-refractivity contribution in [3.8, 4) is 0 Å². The lowest BCUT2D eigenvalue weighted by Crippen LogP contribution is -2.36. The number of carbonyl (C=O) groups excluding carboxylic acids is 2. The molecule has 1 unspecified atom stereocenters. The molecular formula is C18H20N2O4S3. The Morgan fingerprint density at radius 1 is 1.15 bits per heavy atom. The summed E-state index contributed by atoms with van der Waals surface area (Å²) in [5.74, 6) is -0.400. The fourth-order valence-electron chi connectivity index (χ4n) is 3.63. The van der Waals surface area contributed by atoms with Gasteiger partial charge in [0.15, 0.2) is 9.84 Å². The Kier molecular flexibility index (Phi) is 5.09. The lowest BCUT2D eigenvalue weighted by atomic mass is 9.95. The SMILES string of the molecule is O=C(Nc1sc2c(c1C(=O)NC1CCS(=O)(=O)C1)CCCC2)c1cccs1. The van der Waals surface area contributed by atoms with Crippen molar-refractivity contribution in [1.29, 1.82) is 0 Å². The Bertz CT molecular complexity index is 977. The van der Waals surface area contributed by atoms with E-state index in [1.54, 1.807) is 6.07 Å². The predicted octanol–water partition coefficient (Wildman–Crippen LogP) is 2.86. The molecule has 27 heavy (non-hydrogen) atoms. The van der Waals surface area contributed by atoms with Crippen molar-refractivity contribution in [2.75, 3.05) is 16.8 Å². The number of carbonyl (C=O) groups is 2. The standard InChI is InChI=1S/C18H20N2O4S3/c21-16(14-6-3-8-25-14)20-18-15(12-4-1-2-5-13(12)26-18)17(22)19-11-7-9-27(23,24)10-11/h3,6,8,11H,1-2,4-5,7,9-10H2,(H,19,22)(H,20,21). The minimum Gasteiger partial charge on any atom is -0.348 e. The van der Waals surface area contributed by atoms with Gasteiger partial charge in [0.2, 0.25) is 0 Å². The zero-order chi connectivity index (χ0) is 19.0. The van der Waals surface area contributed by atoms with E-state index in [0.717, 1.165) is 36.1 Å². The van der Waals surface area contributed by atoms with Crippen molar-refractivity contribution in [3.05, 3.63) is 38.4 Å². The van der Waals surface area contributed by atoms with E-state index in [-0.39, 0.29) is 29.4 Å². The largest absolute Gasteiger partial charge is 0.348 e. The van der Waals surface area contributed by atoms with Crippen LogP contribution in [0.1, 0.15) is 49.7 Å². The molecule has 1 aliphatic carbocycles. The summed E-state index contributed by atoms with van der Waals surface area (Å²) in [5.41, 5.74) is 1.52. The van der Waals surface area contributed by atoms with Crippen molar-refractivity contribution in [2.24, 2.45) is 0 Å². The van der Waals surface area contributed by atoms with Gasteiger partial charge in [0.25, 0.3) is 11.8 Å². The van der Waals surface area contributed by atoms with E-state index in [4.69, 9.17) is 0 Å². The number of fused-ring (bicyclic) bond motifs is 1. The van der Waals surface area contributed by atoms with Gasteiger partial charge in [-0.2, -0.15) is 0 Å². The predicted molar refractivity (Wildman–Crippen MR) is 108 cm³/mol. The quantitative estimate of drug-likeness (QED) is 0.789. The van der Waals surface area contributed by atoms with Crippen molar-refractivity contribution < 1.29 is 18.0 Å². The highest BCUT2D eigenvalue weighted by Crippen LogP contribution is 2.38. The number of nitrogens with one attached hydrogen (secondary N) is 2. The van der Waals surface area contributed by atoms with E-state index in [0.29, 0.717) is 21.9 Å². The number of hydrogen-bond donors (Lipinski definition) is 2. The molecule has 2 aliphatic rings. The average Bonchev–Trinajstić information content (AvgIpc) is 3.33. The fourth-order valence-corrected chi connectivity index (χ4v) is 7.21. The van der Waals surface area contributed by atoms with Crippen LogP contribution in [0.3, 0.4) is 0 Å². The van der Waals surface area contributed by atoms with Crippen LogP contribution in [0.15, 0.2) is 17.5 Å². The Balaban J connectivity index is 1.61. The lowest BCUT2D eigenvalue weighted by Gasteiger charge is -2.15. The molecule has 0 spiro atoms. The Hall–Kier alpha value is -1.71. The highest BCUT2D eigenvalue weighted by molar-refractivity contribution is 7.91. The highest BCUT2D eigenvalue weighted by atomic mass is 32.2. The molecule has 2 amide bonds. The molecule has 1 aliphatic heterocycles. The van der Waals surface area contributed by atoms with Gasteiger partial charge in [-0.3, -0.25) is 9.59 Å². The summed E-state index contributed by atoms with van der Waals surface area (Å²) in [6, 6.07) is 3.20. The van der Waals surface area contributed by atoms with Gasteiger partial charge in [-0.25, -0.2) is 8.42 Å². The number of hydrogen-bond acceptors (Lipinski definition) is 6. The van der Waals surface area contributed by atoms with Crippen LogP contribution in [0.5, 0.6) is 0 Å². The third-order valence-electron chi connectivity index (χ3n) is 4.94. The average molecular weight is 425 g/mol. The van der Waals surface area contributed by atoms with Crippen LogP contribution < -0.4 is 10.6 Å². The molecule has 3 heterocycles. The summed E-state index contributed by atoms with van der Waals surface area (Å²) in [6.07, 6.45) is 4.25. The Labute approximate surface area is 165 Å². The second-order valence-electron chi connectivity index (χ2n) is 6.92. The van der Waals surface area contributed by atoms with Gasteiger partial charge in [-0.1, -0.05) is 6.07 Å². The van der Waals surface area contributed by atoms with Crippen LogP contribution in [0.25, 0.3) is 0 Å². The molecule has 2 N–H and O–H groups in total. The molecule has 0 saturated carbocycles. The zero-order valence-corrected chi connectivity index (χ0v) is 17.1. The number of thiophene rings is 2. The van der Waals surface area contributed by atoms with Crippen molar-refractivity contribution >= 4 is 49.3 Å². The lowest BCUT2D eigenvalue weighted by molar-refractivity contribution is 0.0941. The number of amides is 2. The second-order valence-corrected chi connectivity index (χ2v) is 11.2. The maximum atomic E-state index is 13.0. The summed E-state index contributed by atoms with van der Waals surface area (Å²) in [4.78, 5) is 27.2. The third kappa shape index (κ3) is 3.95. The van der Waals surface area contributed by atoms with Crippen LogP contribution in [0.2, 0.25) is 0 Å². The molecule has 4 rings (SSSR count). The van der Waals surface area contributed by atoms with Gasteiger partial charge in [-0.05, 0) is 49.1 Å². The Morgan fingerprint density at radius 3 is 2.67 bits per heavy atom. The van der Waals surface area contributed by atoms with Crippen LogP contribution in [0.4, 0.5) is 5.00 Å². The van der Waals surface area contributed by atoms with Crippen LogP contribution in [-0.2, 0) is 22.7 Å². The molecule has 2 aromatic rings. The smallest absolute Gasteiger partial charge is 0.266 e. The summed E-state index contributed by atoms with van der Waals surface area (Å²) in [7, 11) is -3.07. The van der Waals surface area contributed by atoms with E-state index in [9.17, 15) is 18.0 Å². The van der Waals surface area contributed by atoms with E-state index in [1.807, 2.05) is 11.4 Å². The molecule has 6 nitrogen and oxygen atoms in total. The van der Waals surface area contributed by atoms with Gasteiger partial charge in [0.1, 0.15) is 5.00 Å². The van der Waals surface area contributed by atoms with Gasteiger partial charge in [0.05, 0.1) is 21.9 Å². The molecule has 0 aromatic carbocycles. The van der Waals surface area contributed by atoms with Crippen molar-refractivity contribution in [1.82, 2.24) is 5.32 Å². The maximum absolute atomic E-state index is 13.0. The first kappa shape index (κ1) is 18.6. The van der Waals surface area contributed by atoms with Crippen LogP contribution >= 0.6 is 22.7 Å². The molecule has 2 aromatic heterocycles.